The fourth-order valence-corrected chi connectivity index (χ4v) is 7.60. The number of aromatic amines is 2. The van der Waals surface area contributed by atoms with Crippen molar-refractivity contribution in [1.29, 1.82) is 0 Å². The quantitative estimate of drug-likeness (QED) is 0.141. The van der Waals surface area contributed by atoms with Crippen LogP contribution in [0.4, 0.5) is 0 Å². The van der Waals surface area contributed by atoms with E-state index in [4.69, 9.17) is 19.4 Å². The number of aliphatic hydroxyl groups excluding tert-OH is 4. The standard InChI is InChI=1S/C42H53N5O7/c1-9-26-23(5)32-19-35-27(10-2)22(4)31(44-35)18-33-24(6)28(38(46-33)25(7)30-16-21(3)29(43-30)17-34(26)45-32)12-13-37(49)47(8)14-11-15-53-42-41(52)40(51)39(50)36(20-48)54-42/h10,16-19,36,39-42,44-45,48,50-52H,2,9,11-15,20H2,1,3-8H3/t36-,39-,40+,41-,42?/m1/s1. The van der Waals surface area contributed by atoms with E-state index in [1.165, 1.54) is 11.1 Å². The number of hydrogen-bond donors (Lipinski definition) is 6. The Morgan fingerprint density at radius 1 is 0.944 bits per heavy atom. The summed E-state index contributed by atoms with van der Waals surface area (Å²) in [5.41, 5.74) is 15.9. The second kappa shape index (κ2) is 16.1. The van der Waals surface area contributed by atoms with Gasteiger partial charge in [-0.1, -0.05) is 19.6 Å². The molecule has 54 heavy (non-hydrogen) atoms. The molecule has 1 saturated heterocycles. The lowest BCUT2D eigenvalue weighted by molar-refractivity contribution is -0.301. The van der Waals surface area contributed by atoms with Crippen LogP contribution < -0.4 is 0 Å². The number of amides is 1. The highest BCUT2D eigenvalue weighted by Crippen LogP contribution is 2.37. The van der Waals surface area contributed by atoms with E-state index >= 15 is 0 Å². The minimum absolute atomic E-state index is 0.0432. The monoisotopic (exact) mass is 739 g/mol. The molecule has 6 rings (SSSR count). The molecule has 3 aromatic rings. The third-order valence-corrected chi connectivity index (χ3v) is 11.1. The zero-order chi connectivity index (χ0) is 39.0. The first-order valence-corrected chi connectivity index (χ1v) is 18.7. The number of carbonyl (C=O) groups excluding carboxylic acids is 1. The van der Waals surface area contributed by atoms with Crippen molar-refractivity contribution in [2.24, 2.45) is 0 Å². The second-order valence-electron chi connectivity index (χ2n) is 14.6. The van der Waals surface area contributed by atoms with Gasteiger partial charge in [-0.15, -0.1) is 0 Å². The van der Waals surface area contributed by atoms with Gasteiger partial charge in [-0.05, 0) is 112 Å². The van der Waals surface area contributed by atoms with Crippen molar-refractivity contribution in [3.63, 3.8) is 0 Å². The number of fused-ring (bicyclic) bond motifs is 8. The van der Waals surface area contributed by atoms with E-state index in [9.17, 15) is 25.2 Å². The largest absolute Gasteiger partial charge is 0.394 e. The summed E-state index contributed by atoms with van der Waals surface area (Å²) in [7, 11) is 1.74. The molecule has 1 amide bonds. The number of aromatic nitrogens is 4. The van der Waals surface area contributed by atoms with Crippen molar-refractivity contribution in [2.45, 2.75) is 97.9 Å². The Labute approximate surface area is 315 Å². The molecule has 0 radical (unpaired) electrons. The smallest absolute Gasteiger partial charge is 0.222 e. The molecule has 288 valence electrons. The van der Waals surface area contributed by atoms with Crippen molar-refractivity contribution in [3.8, 4) is 0 Å². The first-order chi connectivity index (χ1) is 25.8. The SMILES string of the molecule is C=Cc1c(C)c2cc3nc(c(C)c4nc(cc5[nH]c(cc1[nH]2)c(C)c5CC)C(C)=C4)C(CCC(=O)N(C)CCCOC1O[C@H](CO)[C@@H](O)[C@H](O)[C@H]1O)=C3C. The number of carbonyl (C=O) groups is 1. The van der Waals surface area contributed by atoms with E-state index in [2.05, 4.69) is 75.4 Å². The van der Waals surface area contributed by atoms with Crippen LogP contribution in [-0.2, 0) is 20.7 Å². The third-order valence-electron chi connectivity index (χ3n) is 11.1. The van der Waals surface area contributed by atoms with Crippen LogP contribution in [0.5, 0.6) is 0 Å². The number of allylic oxidation sites excluding steroid dienone is 3. The van der Waals surface area contributed by atoms with Crippen LogP contribution in [-0.4, -0.2) is 109 Å². The molecular formula is C42H53N5O7. The van der Waals surface area contributed by atoms with Crippen LogP contribution in [0, 0.1) is 20.8 Å². The molecule has 6 heterocycles. The highest BCUT2D eigenvalue weighted by atomic mass is 16.7. The van der Waals surface area contributed by atoms with Crippen LogP contribution in [0.2, 0.25) is 0 Å². The van der Waals surface area contributed by atoms with Gasteiger partial charge < -0.3 is 44.8 Å². The molecule has 6 N–H and O–H groups in total. The zero-order valence-corrected chi connectivity index (χ0v) is 32.3. The summed E-state index contributed by atoms with van der Waals surface area (Å²) < 4.78 is 11.0. The van der Waals surface area contributed by atoms with Crippen molar-refractivity contribution in [3.05, 3.63) is 75.4 Å². The van der Waals surface area contributed by atoms with Crippen molar-refractivity contribution in [1.82, 2.24) is 24.8 Å². The highest BCUT2D eigenvalue weighted by Gasteiger charge is 2.44. The number of rotatable bonds is 11. The predicted octanol–water partition coefficient (Wildman–Crippen LogP) is 5.38. The number of aryl methyl sites for hydroxylation is 3. The molecule has 3 aromatic heterocycles. The Kier molecular flexibility index (Phi) is 11.7. The summed E-state index contributed by atoms with van der Waals surface area (Å²) in [6, 6.07) is 6.37. The Bertz CT molecular complexity index is 2180. The number of nitrogens with zero attached hydrogens (tertiary/aromatic N) is 3. The summed E-state index contributed by atoms with van der Waals surface area (Å²) in [4.78, 5) is 32.7. The molecule has 12 heteroatoms. The lowest BCUT2D eigenvalue weighted by Crippen LogP contribution is -2.59. The lowest BCUT2D eigenvalue weighted by Gasteiger charge is -2.39. The molecule has 3 aliphatic heterocycles. The maximum absolute atomic E-state index is 13.4. The van der Waals surface area contributed by atoms with Gasteiger partial charge in [-0.25, -0.2) is 9.97 Å². The maximum atomic E-state index is 13.4. The minimum atomic E-state index is -1.51. The fraction of sp³-hybridized carbons (Fsp3) is 0.452. The number of ether oxygens (including phenoxy) is 2. The Balaban J connectivity index is 1.29. The molecule has 0 saturated carbocycles. The number of nitrogens with one attached hydrogen (secondary N) is 2. The highest BCUT2D eigenvalue weighted by molar-refractivity contribution is 5.96. The van der Waals surface area contributed by atoms with E-state index in [-0.39, 0.29) is 18.9 Å². The zero-order valence-electron chi connectivity index (χ0n) is 32.3. The van der Waals surface area contributed by atoms with Gasteiger partial charge in [0.25, 0.3) is 0 Å². The van der Waals surface area contributed by atoms with Gasteiger partial charge in [0.2, 0.25) is 5.91 Å². The number of H-pyrrole nitrogens is 2. The lowest BCUT2D eigenvalue weighted by atomic mass is 9.98. The van der Waals surface area contributed by atoms with E-state index < -0.39 is 37.3 Å². The summed E-state index contributed by atoms with van der Waals surface area (Å²) >= 11 is 0. The van der Waals surface area contributed by atoms with Gasteiger partial charge in [0.05, 0.1) is 36.0 Å². The number of hydrogen-bond acceptors (Lipinski definition) is 9. The van der Waals surface area contributed by atoms with Gasteiger partial charge in [0, 0.05) is 53.2 Å². The Hall–Kier alpha value is -4.43. The molecule has 12 nitrogen and oxygen atoms in total. The van der Waals surface area contributed by atoms with Crippen LogP contribution in [0.3, 0.4) is 0 Å². The second-order valence-corrected chi connectivity index (χ2v) is 14.6. The van der Waals surface area contributed by atoms with Gasteiger partial charge >= 0.3 is 0 Å². The summed E-state index contributed by atoms with van der Waals surface area (Å²) in [5, 5.41) is 39.7. The van der Waals surface area contributed by atoms with Crippen molar-refractivity contribution >= 4 is 56.8 Å². The van der Waals surface area contributed by atoms with Crippen LogP contribution in [0.1, 0.15) is 90.6 Å². The molecule has 1 fully saturated rings. The van der Waals surface area contributed by atoms with Crippen LogP contribution >= 0.6 is 0 Å². The summed E-state index contributed by atoms with van der Waals surface area (Å²) in [5.74, 6) is -0.0432. The molecule has 0 spiro atoms. The third kappa shape index (κ3) is 7.46. The average Bonchev–Trinajstić information content (AvgIpc) is 3.86. The number of aliphatic hydroxyl groups is 4. The van der Waals surface area contributed by atoms with Crippen LogP contribution in [0.25, 0.3) is 50.9 Å². The molecule has 8 bridgehead atoms. The van der Waals surface area contributed by atoms with Crippen LogP contribution in [0.15, 0.2) is 24.8 Å². The molecular weight excluding hydrogens is 686 g/mol. The Morgan fingerprint density at radius 3 is 2.35 bits per heavy atom. The fourth-order valence-electron chi connectivity index (χ4n) is 7.60. The molecule has 0 aromatic carbocycles. The van der Waals surface area contributed by atoms with Gasteiger partial charge in [0.15, 0.2) is 6.29 Å². The van der Waals surface area contributed by atoms with E-state index in [1.54, 1.807) is 11.9 Å². The van der Waals surface area contributed by atoms with E-state index in [0.717, 1.165) is 84.7 Å². The molecule has 0 aliphatic carbocycles. The van der Waals surface area contributed by atoms with Crippen molar-refractivity contribution < 1.29 is 34.7 Å². The maximum Gasteiger partial charge on any atom is 0.222 e. The predicted molar refractivity (Wildman–Crippen MR) is 212 cm³/mol. The van der Waals surface area contributed by atoms with Gasteiger partial charge in [-0.2, -0.15) is 0 Å². The average molecular weight is 740 g/mol. The first-order valence-electron chi connectivity index (χ1n) is 18.7. The van der Waals surface area contributed by atoms with Gasteiger partial charge in [0.1, 0.15) is 24.4 Å². The summed E-state index contributed by atoms with van der Waals surface area (Å²) in [6.45, 7) is 16.7. The molecule has 5 atom stereocenters. The van der Waals surface area contributed by atoms with Gasteiger partial charge in [-0.3, -0.25) is 4.79 Å². The molecule has 1 unspecified atom stereocenters. The molecule has 3 aliphatic rings. The van der Waals surface area contributed by atoms with E-state index in [1.807, 2.05) is 13.0 Å². The van der Waals surface area contributed by atoms with Crippen molar-refractivity contribution in [2.75, 3.05) is 26.8 Å². The normalized spacial score (nSPS) is 21.4. The Morgan fingerprint density at radius 2 is 1.65 bits per heavy atom. The first kappa shape index (κ1) is 39.3. The minimum Gasteiger partial charge on any atom is -0.394 e. The summed E-state index contributed by atoms with van der Waals surface area (Å²) in [6.07, 6.45) is -0.624. The topological polar surface area (TPSA) is 177 Å². The van der Waals surface area contributed by atoms with E-state index in [0.29, 0.717) is 19.4 Å².